The minimum Gasteiger partial charge on any atom is -0.367 e. The van der Waals surface area contributed by atoms with Crippen LogP contribution in [0.25, 0.3) is 11.1 Å². The van der Waals surface area contributed by atoms with Gasteiger partial charge >= 0.3 is 0 Å². The summed E-state index contributed by atoms with van der Waals surface area (Å²) in [4.78, 5) is 17.6. The molecule has 0 atom stereocenters. The lowest BCUT2D eigenvalue weighted by molar-refractivity contribution is 0.0982. The van der Waals surface area contributed by atoms with Crippen molar-refractivity contribution in [2.24, 2.45) is 0 Å². The van der Waals surface area contributed by atoms with Crippen LogP contribution in [0.3, 0.4) is 0 Å². The second-order valence-corrected chi connectivity index (χ2v) is 8.39. The second-order valence-electron chi connectivity index (χ2n) is 8.39. The Hall–Kier alpha value is -3.15. The number of benzene rings is 2. The van der Waals surface area contributed by atoms with E-state index in [2.05, 4.69) is 11.9 Å². The molecule has 4 rings (SSSR count). The molecule has 3 nitrogen and oxygen atoms in total. The van der Waals surface area contributed by atoms with E-state index < -0.39 is 11.9 Å². The first-order chi connectivity index (χ1) is 15.3. The Morgan fingerprint density at radius 2 is 1.69 bits per heavy atom. The summed E-state index contributed by atoms with van der Waals surface area (Å²) in [6.45, 7) is 2.13. The zero-order valence-corrected chi connectivity index (χ0v) is 18.2. The average Bonchev–Trinajstić information content (AvgIpc) is 3.59. The Labute approximate surface area is 185 Å². The fraction of sp³-hybridized carbons (Fsp3) is 0.308. The molecule has 0 bridgehead atoms. The van der Waals surface area contributed by atoms with Gasteiger partial charge in [0.2, 0.25) is 11.9 Å². The Morgan fingerprint density at radius 3 is 2.28 bits per heavy atom. The predicted octanol–water partition coefficient (Wildman–Crippen LogP) is 6.36. The quantitative estimate of drug-likeness (QED) is 0.303. The minimum atomic E-state index is -0.893. The minimum absolute atomic E-state index is 0.0806. The van der Waals surface area contributed by atoms with E-state index in [1.165, 1.54) is 12.1 Å². The highest BCUT2D eigenvalue weighted by atomic mass is 19.1. The third kappa shape index (κ3) is 4.40. The van der Waals surface area contributed by atoms with E-state index in [4.69, 9.17) is 0 Å². The van der Waals surface area contributed by atoms with Gasteiger partial charge in [-0.05, 0) is 61.1 Å². The van der Waals surface area contributed by atoms with E-state index in [9.17, 15) is 18.0 Å². The van der Waals surface area contributed by atoms with Crippen LogP contribution in [0.2, 0.25) is 0 Å². The van der Waals surface area contributed by atoms with Crippen LogP contribution in [0.15, 0.2) is 54.6 Å². The fourth-order valence-corrected chi connectivity index (χ4v) is 4.15. The largest absolute Gasteiger partial charge is 0.367 e. The summed E-state index contributed by atoms with van der Waals surface area (Å²) in [5, 5.41) is 0. The highest BCUT2D eigenvalue weighted by molar-refractivity contribution is 5.96. The molecule has 1 aliphatic rings. The lowest BCUT2D eigenvalue weighted by Crippen LogP contribution is -2.33. The van der Waals surface area contributed by atoms with Gasteiger partial charge in [-0.1, -0.05) is 37.3 Å². The number of aromatic nitrogens is 1. The second kappa shape index (κ2) is 8.77. The van der Waals surface area contributed by atoms with Crippen LogP contribution >= 0.6 is 0 Å². The topological polar surface area (TPSA) is 33.2 Å². The molecule has 32 heavy (non-hydrogen) atoms. The van der Waals surface area contributed by atoms with E-state index in [-0.39, 0.29) is 35.5 Å². The third-order valence-electron chi connectivity index (χ3n) is 6.56. The molecule has 2 aromatic carbocycles. The standard InChI is InChI=1S/C26H25F3N2O/c1-3-26(14-15-26)31(2)22-11-8-20(16-21(22)27)17-4-6-18(7-5-17)23(32)12-9-19-10-13-24(28)30-25(19)29/h4-8,10-11,13,16H,3,9,12,14-15H2,1-2H3. The Morgan fingerprint density at radius 1 is 1.00 bits per heavy atom. The van der Waals surface area contributed by atoms with Crippen LogP contribution in [-0.4, -0.2) is 23.4 Å². The van der Waals surface area contributed by atoms with Crippen molar-refractivity contribution in [1.82, 2.24) is 4.98 Å². The first kappa shape index (κ1) is 22.1. The maximum absolute atomic E-state index is 14.9. The lowest BCUT2D eigenvalue weighted by Gasteiger charge is -2.29. The van der Waals surface area contributed by atoms with Gasteiger partial charge in [0.15, 0.2) is 5.78 Å². The van der Waals surface area contributed by atoms with Gasteiger partial charge in [0, 0.05) is 30.1 Å². The zero-order valence-electron chi connectivity index (χ0n) is 18.2. The van der Waals surface area contributed by atoms with Crippen LogP contribution in [0.5, 0.6) is 0 Å². The number of carbonyl (C=O) groups is 1. The van der Waals surface area contributed by atoms with Gasteiger partial charge in [-0.2, -0.15) is 13.8 Å². The number of hydrogen-bond acceptors (Lipinski definition) is 3. The van der Waals surface area contributed by atoms with Gasteiger partial charge in [0.1, 0.15) is 5.82 Å². The molecule has 0 unspecified atom stereocenters. The van der Waals surface area contributed by atoms with E-state index in [0.717, 1.165) is 36.5 Å². The van der Waals surface area contributed by atoms with Crippen LogP contribution in [-0.2, 0) is 6.42 Å². The molecule has 0 spiro atoms. The molecule has 0 saturated heterocycles. The summed E-state index contributed by atoms with van der Waals surface area (Å²) in [6.07, 6.45) is 3.38. The van der Waals surface area contributed by atoms with Gasteiger partial charge in [-0.25, -0.2) is 4.39 Å². The summed E-state index contributed by atoms with van der Waals surface area (Å²) < 4.78 is 41.4. The SMILES string of the molecule is CCC1(N(C)c2ccc(-c3ccc(C(=O)CCc4ccc(F)nc4F)cc3)cc2F)CC1. The van der Waals surface area contributed by atoms with Gasteiger partial charge in [0.05, 0.1) is 5.69 Å². The van der Waals surface area contributed by atoms with E-state index >= 15 is 0 Å². The summed E-state index contributed by atoms with van der Waals surface area (Å²) in [7, 11) is 1.95. The van der Waals surface area contributed by atoms with Crippen molar-refractivity contribution in [1.29, 1.82) is 0 Å². The molecular weight excluding hydrogens is 413 g/mol. The monoisotopic (exact) mass is 438 g/mol. The van der Waals surface area contributed by atoms with E-state index in [0.29, 0.717) is 11.3 Å². The summed E-state index contributed by atoms with van der Waals surface area (Å²) in [5.41, 5.74) is 2.91. The number of anilines is 1. The van der Waals surface area contributed by atoms with Gasteiger partial charge in [0.25, 0.3) is 0 Å². The van der Waals surface area contributed by atoms with Crippen molar-refractivity contribution in [3.63, 3.8) is 0 Å². The molecule has 0 N–H and O–H groups in total. The van der Waals surface area contributed by atoms with Crippen molar-refractivity contribution < 1.29 is 18.0 Å². The molecule has 166 valence electrons. The normalized spacial score (nSPS) is 14.3. The number of nitrogens with zero attached hydrogens (tertiary/aromatic N) is 2. The summed E-state index contributed by atoms with van der Waals surface area (Å²) in [5.74, 6) is -2.20. The van der Waals surface area contributed by atoms with Gasteiger partial charge in [-0.15, -0.1) is 0 Å². The van der Waals surface area contributed by atoms with Crippen molar-refractivity contribution in [2.75, 3.05) is 11.9 Å². The number of hydrogen-bond donors (Lipinski definition) is 0. The van der Waals surface area contributed by atoms with Crippen LogP contribution in [0, 0.1) is 17.7 Å². The molecule has 1 heterocycles. The first-order valence-corrected chi connectivity index (χ1v) is 10.8. The number of carbonyl (C=O) groups excluding carboxylic acids is 1. The molecule has 1 saturated carbocycles. The molecule has 6 heteroatoms. The number of ketones is 1. The molecule has 1 aromatic heterocycles. The number of Topliss-reactive ketones (excluding diaryl/α,β-unsaturated/α-hetero) is 1. The lowest BCUT2D eigenvalue weighted by atomic mass is 9.99. The summed E-state index contributed by atoms with van der Waals surface area (Å²) in [6, 6.07) is 14.5. The molecule has 0 radical (unpaired) electrons. The van der Waals surface area contributed by atoms with Gasteiger partial charge in [-0.3, -0.25) is 4.79 Å². The summed E-state index contributed by atoms with van der Waals surface area (Å²) >= 11 is 0. The maximum Gasteiger partial charge on any atom is 0.218 e. The average molecular weight is 438 g/mol. The van der Waals surface area contributed by atoms with Crippen molar-refractivity contribution in [3.8, 4) is 11.1 Å². The maximum atomic E-state index is 14.9. The molecule has 0 amide bonds. The highest BCUT2D eigenvalue weighted by Gasteiger charge is 2.45. The molecule has 3 aromatic rings. The highest BCUT2D eigenvalue weighted by Crippen LogP contribution is 2.46. The smallest absolute Gasteiger partial charge is 0.218 e. The first-order valence-electron chi connectivity index (χ1n) is 10.8. The zero-order chi connectivity index (χ0) is 22.9. The number of pyridine rings is 1. The van der Waals surface area contributed by atoms with Crippen molar-refractivity contribution in [3.05, 3.63) is 83.4 Å². The molecule has 1 aliphatic carbocycles. The Bertz CT molecular complexity index is 1140. The fourth-order valence-electron chi connectivity index (χ4n) is 4.15. The Kier molecular flexibility index (Phi) is 6.04. The van der Waals surface area contributed by atoms with E-state index in [1.807, 2.05) is 24.1 Å². The van der Waals surface area contributed by atoms with Crippen LogP contribution < -0.4 is 4.90 Å². The van der Waals surface area contributed by atoms with Crippen LogP contribution in [0.1, 0.15) is 48.5 Å². The number of halogens is 3. The van der Waals surface area contributed by atoms with Crippen LogP contribution in [0.4, 0.5) is 18.9 Å². The third-order valence-corrected chi connectivity index (χ3v) is 6.56. The van der Waals surface area contributed by atoms with Crippen molar-refractivity contribution in [2.45, 2.75) is 44.6 Å². The predicted molar refractivity (Wildman–Crippen MR) is 119 cm³/mol. The van der Waals surface area contributed by atoms with Gasteiger partial charge < -0.3 is 4.90 Å². The molecule has 0 aliphatic heterocycles. The Balaban J connectivity index is 1.44. The molecular formula is C26H25F3N2O. The number of rotatable bonds is 8. The molecule has 1 fully saturated rings. The van der Waals surface area contributed by atoms with E-state index in [1.54, 1.807) is 24.3 Å². The number of aryl methyl sites for hydroxylation is 1. The van der Waals surface area contributed by atoms with Crippen molar-refractivity contribution >= 4 is 11.5 Å².